The molecule has 0 aliphatic carbocycles. The monoisotopic (exact) mass is 659 g/mol. The van der Waals surface area contributed by atoms with Crippen molar-refractivity contribution in [3.8, 4) is 0 Å². The summed E-state index contributed by atoms with van der Waals surface area (Å²) < 4.78 is 2.09. The van der Waals surface area contributed by atoms with Crippen LogP contribution in [-0.4, -0.2) is 31.3 Å². The van der Waals surface area contributed by atoms with Crippen LogP contribution in [0, 0.1) is 12.3 Å². The highest BCUT2D eigenvalue weighted by Gasteiger charge is 2.25. The Kier molecular flexibility index (Phi) is 10.6. The molecule has 0 aliphatic rings. The van der Waals surface area contributed by atoms with Crippen LogP contribution in [0.1, 0.15) is 54.8 Å². The van der Waals surface area contributed by atoms with E-state index in [9.17, 15) is 0 Å². The van der Waals surface area contributed by atoms with E-state index in [1.54, 1.807) is 6.20 Å². The molecule has 0 radical (unpaired) electrons. The molecular formula is C38H45N9S. The van der Waals surface area contributed by atoms with Crippen LogP contribution < -0.4 is 26.8 Å². The van der Waals surface area contributed by atoms with Crippen LogP contribution in [0.2, 0.25) is 0 Å². The number of hydrogen-bond acceptors (Lipinski definition) is 8. The summed E-state index contributed by atoms with van der Waals surface area (Å²) in [6, 6.07) is 27.9. The third-order valence-corrected chi connectivity index (χ3v) is 8.69. The Balaban J connectivity index is 1.28. The van der Waals surface area contributed by atoms with E-state index in [-0.39, 0.29) is 16.7 Å². The van der Waals surface area contributed by atoms with Gasteiger partial charge in [0.15, 0.2) is 0 Å². The fourth-order valence-corrected chi connectivity index (χ4v) is 5.67. The second-order valence-corrected chi connectivity index (χ2v) is 13.3. The molecule has 9 nitrogen and oxygen atoms in total. The van der Waals surface area contributed by atoms with Gasteiger partial charge < -0.3 is 20.9 Å². The molecule has 0 spiro atoms. The number of anilines is 2. The van der Waals surface area contributed by atoms with E-state index in [1.165, 1.54) is 5.56 Å². The standard InChI is InChI=1S/C38H45N9S/c1-25-10-12-28(13-11-25)26(2)43-36(48)20-21-38(4,5)45-47(34-9-7-8-22-41-34)27(3)30-16-19-33-32(23-30)44-35(46(33)6)24-42-31-17-14-29(15-18-31)37(39)40/h7-19,22-23,36,42-43,45,48H,2-3,20-21,24H2,1,4-6H3,(H3,39,40). The van der Waals surface area contributed by atoms with Gasteiger partial charge in [0.05, 0.1) is 28.6 Å². The van der Waals surface area contributed by atoms with Gasteiger partial charge in [0.1, 0.15) is 17.5 Å². The number of nitrogens with zero attached hydrogens (tertiary/aromatic N) is 4. The highest BCUT2D eigenvalue weighted by atomic mass is 32.1. The number of imidazole rings is 1. The first-order valence-corrected chi connectivity index (χ1v) is 16.4. The van der Waals surface area contributed by atoms with Crippen molar-refractivity contribution in [2.75, 3.05) is 10.3 Å². The average Bonchev–Trinajstić information content (AvgIpc) is 3.40. The van der Waals surface area contributed by atoms with E-state index in [4.69, 9.17) is 28.8 Å². The third-order valence-electron chi connectivity index (χ3n) is 8.30. The summed E-state index contributed by atoms with van der Waals surface area (Å²) >= 11 is 4.83. The van der Waals surface area contributed by atoms with E-state index in [0.717, 1.165) is 63.7 Å². The van der Waals surface area contributed by atoms with Crippen molar-refractivity contribution < 1.29 is 0 Å². The number of hydrazine groups is 1. The van der Waals surface area contributed by atoms with Crippen molar-refractivity contribution in [2.24, 2.45) is 12.8 Å². The first kappa shape index (κ1) is 34.3. The van der Waals surface area contributed by atoms with Crippen molar-refractivity contribution >= 4 is 52.4 Å². The van der Waals surface area contributed by atoms with E-state index >= 15 is 0 Å². The van der Waals surface area contributed by atoms with Gasteiger partial charge in [-0.3, -0.25) is 10.4 Å². The zero-order valence-corrected chi connectivity index (χ0v) is 29.0. The third kappa shape index (κ3) is 8.44. The van der Waals surface area contributed by atoms with Crippen molar-refractivity contribution in [1.29, 1.82) is 5.41 Å². The molecule has 6 N–H and O–H groups in total. The lowest BCUT2D eigenvalue weighted by Crippen LogP contribution is -2.51. The van der Waals surface area contributed by atoms with Crippen LogP contribution in [0.25, 0.3) is 22.4 Å². The molecule has 0 bridgehead atoms. The van der Waals surface area contributed by atoms with Gasteiger partial charge in [-0.15, -0.1) is 0 Å². The average molecular weight is 660 g/mol. The van der Waals surface area contributed by atoms with Crippen LogP contribution in [0.3, 0.4) is 0 Å². The first-order chi connectivity index (χ1) is 22.9. The molecule has 48 heavy (non-hydrogen) atoms. The molecule has 5 aromatic rings. The van der Waals surface area contributed by atoms with Gasteiger partial charge >= 0.3 is 0 Å². The summed E-state index contributed by atoms with van der Waals surface area (Å²) in [5.41, 5.74) is 17.3. The van der Waals surface area contributed by atoms with Gasteiger partial charge in [0.2, 0.25) is 0 Å². The maximum atomic E-state index is 7.60. The molecule has 0 saturated heterocycles. The Hall–Kier alpha value is -5.06. The van der Waals surface area contributed by atoms with Crippen LogP contribution in [0.4, 0.5) is 11.5 Å². The molecule has 248 valence electrons. The molecule has 5 rings (SSSR count). The fraction of sp³-hybridized carbons (Fsp3) is 0.237. The number of pyridine rings is 1. The summed E-state index contributed by atoms with van der Waals surface area (Å²) in [7, 11) is 2.02. The number of amidine groups is 1. The molecular weight excluding hydrogens is 615 g/mol. The minimum atomic E-state index is -0.329. The number of nitrogen functional groups attached to an aromatic ring is 1. The summed E-state index contributed by atoms with van der Waals surface area (Å²) in [4.78, 5) is 9.60. The van der Waals surface area contributed by atoms with E-state index in [0.29, 0.717) is 12.1 Å². The number of aromatic nitrogens is 3. The topological polar surface area (TPSA) is 120 Å². The van der Waals surface area contributed by atoms with Crippen molar-refractivity contribution in [3.63, 3.8) is 0 Å². The number of aryl methyl sites for hydroxylation is 2. The molecule has 0 aliphatic heterocycles. The van der Waals surface area contributed by atoms with Crippen molar-refractivity contribution in [2.45, 2.75) is 51.1 Å². The Bertz CT molecular complexity index is 1900. The zero-order chi connectivity index (χ0) is 34.4. The number of nitrogens with one attached hydrogen (secondary N) is 4. The van der Waals surface area contributed by atoms with Crippen molar-refractivity contribution in [3.05, 3.63) is 132 Å². The summed E-state index contributed by atoms with van der Waals surface area (Å²) in [5, 5.41) is 16.4. The predicted molar refractivity (Wildman–Crippen MR) is 204 cm³/mol. The van der Waals surface area contributed by atoms with Crippen molar-refractivity contribution in [1.82, 2.24) is 25.3 Å². The maximum Gasteiger partial charge on any atom is 0.147 e. The molecule has 0 fully saturated rings. The summed E-state index contributed by atoms with van der Waals surface area (Å²) in [6.07, 6.45) is 3.40. The zero-order valence-electron chi connectivity index (χ0n) is 28.1. The maximum absolute atomic E-state index is 7.60. The SMILES string of the molecule is C=C(NC(S)CCC(C)(C)NN(C(=C)c1ccc2c(c1)nc(CNc1ccc(C(=N)N)cc1)n2C)c1ccccn1)c1ccc(C)cc1. The number of benzene rings is 3. The summed E-state index contributed by atoms with van der Waals surface area (Å²) in [6.45, 7) is 15.7. The van der Waals surface area contributed by atoms with Gasteiger partial charge in [-0.05, 0) is 87.7 Å². The number of nitrogens with two attached hydrogens (primary N) is 1. The minimum Gasteiger partial charge on any atom is -0.384 e. The quantitative estimate of drug-likeness (QED) is 0.0231. The Morgan fingerprint density at radius 1 is 1.00 bits per heavy atom. The molecule has 0 amide bonds. The molecule has 2 aromatic heterocycles. The molecule has 1 unspecified atom stereocenters. The number of hydrogen-bond donors (Lipinski definition) is 6. The highest BCUT2D eigenvalue weighted by Crippen LogP contribution is 2.28. The number of thiol groups is 1. The van der Waals surface area contributed by atoms with Gasteiger partial charge in [-0.1, -0.05) is 55.1 Å². The normalized spacial score (nSPS) is 12.0. The Morgan fingerprint density at radius 2 is 1.69 bits per heavy atom. The number of rotatable bonds is 15. The largest absolute Gasteiger partial charge is 0.384 e. The Labute approximate surface area is 288 Å². The number of fused-ring (bicyclic) bond motifs is 1. The van der Waals surface area contributed by atoms with E-state index in [2.05, 4.69) is 102 Å². The van der Waals surface area contributed by atoms with Crippen LogP contribution in [-0.2, 0) is 13.6 Å². The van der Waals surface area contributed by atoms with E-state index < -0.39 is 0 Å². The second kappa shape index (κ2) is 14.8. The molecule has 2 heterocycles. The second-order valence-electron chi connectivity index (χ2n) is 12.6. The molecule has 10 heteroatoms. The van der Waals surface area contributed by atoms with Gasteiger partial charge in [-0.25, -0.2) is 15.4 Å². The lowest BCUT2D eigenvalue weighted by molar-refractivity contribution is 0.353. The fourth-order valence-electron chi connectivity index (χ4n) is 5.38. The summed E-state index contributed by atoms with van der Waals surface area (Å²) in [5.74, 6) is 1.68. The minimum absolute atomic E-state index is 0.0504. The van der Waals surface area contributed by atoms with Gasteiger partial charge in [-0.2, -0.15) is 12.6 Å². The highest BCUT2D eigenvalue weighted by molar-refractivity contribution is 7.80. The lowest BCUT2D eigenvalue weighted by Gasteiger charge is -2.36. The Morgan fingerprint density at radius 3 is 2.35 bits per heavy atom. The van der Waals surface area contributed by atoms with Gasteiger partial charge in [0.25, 0.3) is 0 Å². The molecule has 1 atom stereocenters. The molecule has 3 aromatic carbocycles. The predicted octanol–water partition coefficient (Wildman–Crippen LogP) is 7.23. The lowest BCUT2D eigenvalue weighted by atomic mass is 9.99. The van der Waals surface area contributed by atoms with Crippen LogP contribution >= 0.6 is 12.6 Å². The first-order valence-electron chi connectivity index (χ1n) is 15.9. The smallest absolute Gasteiger partial charge is 0.147 e. The van der Waals surface area contributed by atoms with E-state index in [1.807, 2.05) is 54.5 Å². The molecule has 0 saturated carbocycles. The van der Waals surface area contributed by atoms with Crippen LogP contribution in [0.15, 0.2) is 104 Å². The van der Waals surface area contributed by atoms with Crippen LogP contribution in [0.5, 0.6) is 0 Å². The van der Waals surface area contributed by atoms with Gasteiger partial charge in [0, 0.05) is 41.3 Å².